The van der Waals surface area contributed by atoms with Crippen molar-refractivity contribution in [2.24, 2.45) is 0 Å². The average Bonchev–Trinajstić information content (AvgIpc) is 3.02. The van der Waals surface area contributed by atoms with E-state index in [-0.39, 0.29) is 0 Å². The van der Waals surface area contributed by atoms with E-state index in [0.29, 0.717) is 0 Å². The van der Waals surface area contributed by atoms with Crippen molar-refractivity contribution in [3.8, 4) is 0 Å². The molecule has 1 unspecified atom stereocenters. The van der Waals surface area contributed by atoms with E-state index in [4.69, 9.17) is 0 Å². The van der Waals surface area contributed by atoms with Crippen LogP contribution in [0, 0.1) is 0 Å². The predicted molar refractivity (Wildman–Crippen MR) is 96.8 cm³/mol. The van der Waals surface area contributed by atoms with Crippen LogP contribution in [0.1, 0.15) is 32.1 Å². The minimum Gasteiger partial charge on any atom is -0.347 e. The summed E-state index contributed by atoms with van der Waals surface area (Å²) in [6, 6.07) is 11.8. The molecule has 0 bridgehead atoms. The number of hydrogen-bond acceptors (Lipinski definition) is 2. The molecule has 0 aliphatic carbocycles. The molecule has 2 aliphatic rings. The van der Waals surface area contributed by atoms with Gasteiger partial charge in [0.15, 0.2) is 0 Å². The van der Waals surface area contributed by atoms with Crippen molar-refractivity contribution in [2.45, 2.75) is 44.7 Å². The Morgan fingerprint density at radius 2 is 1.83 bits per heavy atom. The van der Waals surface area contributed by atoms with Gasteiger partial charge in [0.2, 0.25) is 0 Å². The molecule has 1 atom stereocenters. The Kier molecular flexibility index (Phi) is 4.67. The second-order valence-electron chi connectivity index (χ2n) is 7.26. The van der Waals surface area contributed by atoms with Gasteiger partial charge >= 0.3 is 0 Å². The van der Waals surface area contributed by atoms with Crippen molar-refractivity contribution in [2.75, 3.05) is 32.7 Å². The van der Waals surface area contributed by atoms with E-state index in [0.717, 1.165) is 12.6 Å². The van der Waals surface area contributed by atoms with Gasteiger partial charge in [0.05, 0.1) is 0 Å². The first-order valence-electron chi connectivity index (χ1n) is 9.40. The maximum absolute atomic E-state index is 2.73. The zero-order valence-electron chi connectivity index (χ0n) is 14.2. The Hall–Kier alpha value is -1.32. The third-order valence-corrected chi connectivity index (χ3v) is 5.73. The van der Waals surface area contributed by atoms with Crippen LogP contribution in [0.4, 0.5) is 0 Å². The van der Waals surface area contributed by atoms with Gasteiger partial charge < -0.3 is 9.47 Å². The number of fused-ring (bicyclic) bond motifs is 2. The van der Waals surface area contributed by atoms with E-state index >= 15 is 0 Å². The molecule has 3 nitrogen and oxygen atoms in total. The molecule has 0 spiro atoms. The first-order chi connectivity index (χ1) is 11.4. The third-order valence-electron chi connectivity index (χ3n) is 5.73. The fourth-order valence-corrected chi connectivity index (χ4v) is 4.38. The molecule has 2 aromatic rings. The number of para-hydroxylation sites is 1. The highest BCUT2D eigenvalue weighted by molar-refractivity contribution is 5.79. The number of hydrogen-bond donors (Lipinski definition) is 0. The highest BCUT2D eigenvalue weighted by Crippen LogP contribution is 2.21. The lowest BCUT2D eigenvalue weighted by Crippen LogP contribution is -2.54. The summed E-state index contributed by atoms with van der Waals surface area (Å²) in [6.45, 7) is 7.67. The van der Waals surface area contributed by atoms with Gasteiger partial charge in [-0.3, -0.25) is 4.90 Å². The van der Waals surface area contributed by atoms with Crippen molar-refractivity contribution in [3.05, 3.63) is 36.5 Å². The van der Waals surface area contributed by atoms with Crippen LogP contribution in [-0.4, -0.2) is 53.1 Å². The zero-order valence-corrected chi connectivity index (χ0v) is 14.2. The fraction of sp³-hybridized carbons (Fsp3) is 0.600. The highest BCUT2D eigenvalue weighted by Gasteiger charge is 2.28. The molecule has 0 amide bonds. The summed E-state index contributed by atoms with van der Waals surface area (Å²) in [5, 5.41) is 1.36. The molecule has 3 heterocycles. The minimum absolute atomic E-state index is 0.853. The Labute approximate surface area is 139 Å². The SMILES string of the molecule is c1ccc2c(c1)ccn2CCCCN1CCN2CCCCC2C1. The van der Waals surface area contributed by atoms with Crippen LogP contribution in [0.25, 0.3) is 10.9 Å². The van der Waals surface area contributed by atoms with Crippen molar-refractivity contribution in [1.29, 1.82) is 0 Å². The monoisotopic (exact) mass is 311 g/mol. The van der Waals surface area contributed by atoms with Gasteiger partial charge in [-0.1, -0.05) is 24.6 Å². The van der Waals surface area contributed by atoms with Crippen LogP contribution in [0.3, 0.4) is 0 Å². The molecule has 2 fully saturated rings. The highest BCUT2D eigenvalue weighted by atomic mass is 15.3. The average molecular weight is 311 g/mol. The van der Waals surface area contributed by atoms with Gasteiger partial charge in [0, 0.05) is 43.9 Å². The molecule has 2 aliphatic heterocycles. The summed E-state index contributed by atoms with van der Waals surface area (Å²) < 4.78 is 2.41. The third kappa shape index (κ3) is 3.46. The van der Waals surface area contributed by atoms with Crippen LogP contribution in [0.2, 0.25) is 0 Å². The van der Waals surface area contributed by atoms with E-state index in [1.54, 1.807) is 0 Å². The molecule has 3 heteroatoms. The van der Waals surface area contributed by atoms with Gasteiger partial charge in [-0.25, -0.2) is 0 Å². The Balaban J connectivity index is 1.23. The quantitative estimate of drug-likeness (QED) is 0.782. The molecule has 1 aromatic heterocycles. The number of benzene rings is 1. The lowest BCUT2D eigenvalue weighted by Gasteiger charge is -2.44. The fourth-order valence-electron chi connectivity index (χ4n) is 4.38. The van der Waals surface area contributed by atoms with Crippen LogP contribution in [0.15, 0.2) is 36.5 Å². The number of piperidine rings is 1. The van der Waals surface area contributed by atoms with Crippen LogP contribution in [0.5, 0.6) is 0 Å². The topological polar surface area (TPSA) is 11.4 Å². The molecule has 124 valence electrons. The maximum Gasteiger partial charge on any atom is 0.0480 e. The van der Waals surface area contributed by atoms with Crippen molar-refractivity contribution < 1.29 is 0 Å². The van der Waals surface area contributed by atoms with Crippen LogP contribution < -0.4 is 0 Å². The predicted octanol–water partition coefficient (Wildman–Crippen LogP) is 3.59. The first-order valence-corrected chi connectivity index (χ1v) is 9.40. The number of nitrogens with zero attached hydrogens (tertiary/aromatic N) is 3. The van der Waals surface area contributed by atoms with Gasteiger partial charge in [-0.2, -0.15) is 0 Å². The number of aromatic nitrogens is 1. The van der Waals surface area contributed by atoms with E-state index in [1.807, 2.05) is 0 Å². The van der Waals surface area contributed by atoms with E-state index in [2.05, 4.69) is 50.9 Å². The number of unbranched alkanes of at least 4 members (excludes halogenated alkanes) is 1. The van der Waals surface area contributed by atoms with Gasteiger partial charge in [-0.15, -0.1) is 0 Å². The molecule has 1 aromatic carbocycles. The minimum atomic E-state index is 0.853. The molecule has 2 saturated heterocycles. The maximum atomic E-state index is 2.73. The second-order valence-corrected chi connectivity index (χ2v) is 7.26. The van der Waals surface area contributed by atoms with E-state index in [1.165, 1.54) is 75.7 Å². The summed E-state index contributed by atoms with van der Waals surface area (Å²) in [5.74, 6) is 0. The first kappa shape index (κ1) is 15.2. The second kappa shape index (κ2) is 7.06. The van der Waals surface area contributed by atoms with Crippen LogP contribution >= 0.6 is 0 Å². The smallest absolute Gasteiger partial charge is 0.0480 e. The summed E-state index contributed by atoms with van der Waals surface area (Å²) in [4.78, 5) is 5.44. The summed E-state index contributed by atoms with van der Waals surface area (Å²) >= 11 is 0. The lowest BCUT2D eigenvalue weighted by atomic mass is 9.99. The van der Waals surface area contributed by atoms with E-state index < -0.39 is 0 Å². The Morgan fingerprint density at radius 1 is 0.913 bits per heavy atom. The van der Waals surface area contributed by atoms with E-state index in [9.17, 15) is 0 Å². The van der Waals surface area contributed by atoms with Crippen molar-refractivity contribution in [3.63, 3.8) is 0 Å². The van der Waals surface area contributed by atoms with Crippen molar-refractivity contribution in [1.82, 2.24) is 14.4 Å². The zero-order chi connectivity index (χ0) is 15.5. The van der Waals surface area contributed by atoms with Crippen molar-refractivity contribution >= 4 is 10.9 Å². The molecular formula is C20H29N3. The Morgan fingerprint density at radius 3 is 2.83 bits per heavy atom. The molecule has 0 N–H and O–H groups in total. The van der Waals surface area contributed by atoms with Crippen LogP contribution in [-0.2, 0) is 6.54 Å². The molecule has 23 heavy (non-hydrogen) atoms. The molecule has 0 saturated carbocycles. The number of rotatable bonds is 5. The Bertz CT molecular complexity index is 633. The largest absolute Gasteiger partial charge is 0.347 e. The lowest BCUT2D eigenvalue weighted by molar-refractivity contribution is 0.0486. The summed E-state index contributed by atoms with van der Waals surface area (Å²) in [7, 11) is 0. The standard InChI is InChI=1S/C20H29N3/c1-2-9-20-18(7-1)10-14-23(20)13-6-5-11-21-15-16-22-12-4-3-8-19(22)17-21/h1-2,7,9-10,14,19H,3-6,8,11-13,15-17H2. The molecule has 4 rings (SSSR count). The number of aryl methyl sites for hydroxylation is 1. The van der Waals surface area contributed by atoms with Gasteiger partial charge in [-0.05, 0) is 56.3 Å². The van der Waals surface area contributed by atoms with Gasteiger partial charge in [0.1, 0.15) is 0 Å². The molecule has 0 radical (unpaired) electrons. The normalized spacial score (nSPS) is 23.2. The number of piperazine rings is 1. The van der Waals surface area contributed by atoms with Gasteiger partial charge in [0.25, 0.3) is 0 Å². The summed E-state index contributed by atoms with van der Waals surface area (Å²) in [6.07, 6.45) is 9.12. The molecular weight excluding hydrogens is 282 g/mol. The summed E-state index contributed by atoms with van der Waals surface area (Å²) in [5.41, 5.74) is 1.38.